The van der Waals surface area contributed by atoms with E-state index in [1.54, 1.807) is 0 Å². The van der Waals surface area contributed by atoms with Crippen LogP contribution in [0.4, 0.5) is 0 Å². The van der Waals surface area contributed by atoms with Crippen LogP contribution in [-0.2, 0) is 5.33 Å². The Labute approximate surface area is 126 Å². The minimum Gasteiger partial charge on any atom is -0.494 e. The van der Waals surface area contributed by atoms with Crippen molar-refractivity contribution < 1.29 is 9.15 Å². The highest BCUT2D eigenvalue weighted by Gasteiger charge is 2.10. The lowest BCUT2D eigenvalue weighted by Gasteiger charge is -2.04. The molecule has 1 aromatic heterocycles. The van der Waals surface area contributed by atoms with Gasteiger partial charge >= 0.3 is 0 Å². The lowest BCUT2D eigenvalue weighted by Crippen LogP contribution is -1.97. The highest BCUT2D eigenvalue weighted by atomic mass is 79.9. The van der Waals surface area contributed by atoms with Crippen molar-refractivity contribution in [1.82, 2.24) is 4.98 Å². The van der Waals surface area contributed by atoms with Crippen molar-refractivity contribution in [3.63, 3.8) is 0 Å². The molecule has 0 saturated heterocycles. The van der Waals surface area contributed by atoms with Gasteiger partial charge in [0.2, 0.25) is 5.89 Å². The van der Waals surface area contributed by atoms with Crippen LogP contribution in [0.1, 0.15) is 17.9 Å². The molecule has 0 saturated carbocycles. The first-order valence-electron chi connectivity index (χ1n) is 6.06. The summed E-state index contributed by atoms with van der Waals surface area (Å²) in [4.78, 5) is 4.43. The molecule has 0 atom stereocenters. The van der Waals surface area contributed by atoms with Gasteiger partial charge in [0.1, 0.15) is 11.5 Å². The van der Waals surface area contributed by atoms with Crippen molar-refractivity contribution in [2.45, 2.75) is 18.7 Å². The summed E-state index contributed by atoms with van der Waals surface area (Å²) in [5.41, 5.74) is 1.87. The average Bonchev–Trinajstić information content (AvgIpc) is 2.81. The number of aryl methyl sites for hydroxylation is 1. The lowest BCUT2D eigenvalue weighted by atomic mass is 10.2. The molecule has 0 amide bonds. The molecule has 0 aliphatic rings. The van der Waals surface area contributed by atoms with Gasteiger partial charge in [0.25, 0.3) is 0 Å². The van der Waals surface area contributed by atoms with Crippen molar-refractivity contribution in [2.75, 3.05) is 12.5 Å². The Morgan fingerprint density at radius 1 is 1.32 bits per heavy atom. The zero-order valence-corrected chi connectivity index (χ0v) is 13.0. The number of hydrogen-bond acceptors (Lipinski definition) is 3. The molecular formula is C14H15BrClNO2. The molecule has 0 bridgehead atoms. The molecule has 5 heteroatoms. The van der Waals surface area contributed by atoms with Gasteiger partial charge in [-0.15, -0.1) is 11.6 Å². The summed E-state index contributed by atoms with van der Waals surface area (Å²) >= 11 is 8.99. The molecule has 0 unspecified atom stereocenters. The maximum absolute atomic E-state index is 5.63. The molecule has 0 fully saturated rings. The van der Waals surface area contributed by atoms with Gasteiger partial charge in [-0.3, -0.25) is 0 Å². The molecule has 0 aliphatic carbocycles. The second kappa shape index (κ2) is 6.96. The first-order chi connectivity index (χ1) is 9.24. The number of oxazole rings is 1. The third-order valence-corrected chi connectivity index (χ3v) is 3.47. The number of benzene rings is 1. The summed E-state index contributed by atoms with van der Waals surface area (Å²) < 4.78 is 11.2. The standard InChI is InChI=1S/C14H15BrClNO2/c1-10-13(9-15)17-14(19-10)11-3-5-12(6-4-11)18-8-2-7-16/h3-6H,2,7-9H2,1H3. The SMILES string of the molecule is Cc1oc(-c2ccc(OCCCCl)cc2)nc1CBr. The van der Waals surface area contributed by atoms with Gasteiger partial charge in [-0.05, 0) is 37.6 Å². The molecule has 19 heavy (non-hydrogen) atoms. The smallest absolute Gasteiger partial charge is 0.226 e. The molecule has 102 valence electrons. The van der Waals surface area contributed by atoms with Crippen LogP contribution < -0.4 is 4.74 Å². The van der Waals surface area contributed by atoms with Crippen LogP contribution in [0.3, 0.4) is 0 Å². The van der Waals surface area contributed by atoms with E-state index in [2.05, 4.69) is 20.9 Å². The van der Waals surface area contributed by atoms with E-state index in [0.717, 1.165) is 29.2 Å². The van der Waals surface area contributed by atoms with Crippen LogP contribution >= 0.6 is 27.5 Å². The van der Waals surface area contributed by atoms with Crippen molar-refractivity contribution in [1.29, 1.82) is 0 Å². The molecule has 2 rings (SSSR count). The average molecular weight is 345 g/mol. The first kappa shape index (κ1) is 14.4. The van der Waals surface area contributed by atoms with Crippen molar-refractivity contribution in [3.05, 3.63) is 35.7 Å². The summed E-state index contributed by atoms with van der Waals surface area (Å²) in [5.74, 6) is 2.93. The van der Waals surface area contributed by atoms with Gasteiger partial charge in [0, 0.05) is 16.8 Å². The summed E-state index contributed by atoms with van der Waals surface area (Å²) in [6, 6.07) is 7.71. The minimum atomic E-state index is 0.614. The zero-order valence-electron chi connectivity index (χ0n) is 10.7. The van der Waals surface area contributed by atoms with Crippen LogP contribution in [0.25, 0.3) is 11.5 Å². The second-order valence-electron chi connectivity index (χ2n) is 4.07. The Balaban J connectivity index is 2.08. The maximum atomic E-state index is 5.63. The predicted molar refractivity (Wildman–Crippen MR) is 80.1 cm³/mol. The summed E-state index contributed by atoms with van der Waals surface area (Å²) in [6.07, 6.45) is 0.844. The number of aromatic nitrogens is 1. The molecule has 2 aromatic rings. The first-order valence-corrected chi connectivity index (χ1v) is 7.71. The molecule has 0 N–H and O–H groups in total. The normalized spacial score (nSPS) is 10.7. The van der Waals surface area contributed by atoms with Crippen molar-refractivity contribution in [3.8, 4) is 17.2 Å². The summed E-state index contributed by atoms with van der Waals surface area (Å²) in [7, 11) is 0. The molecular weight excluding hydrogens is 330 g/mol. The maximum Gasteiger partial charge on any atom is 0.226 e. The monoisotopic (exact) mass is 343 g/mol. The number of ether oxygens (including phenoxy) is 1. The van der Waals surface area contributed by atoms with Crippen LogP contribution in [0.5, 0.6) is 5.75 Å². The fourth-order valence-corrected chi connectivity index (χ4v) is 2.24. The van der Waals surface area contributed by atoms with Crippen LogP contribution in [0.15, 0.2) is 28.7 Å². The van der Waals surface area contributed by atoms with Gasteiger partial charge in [0.15, 0.2) is 0 Å². The fourth-order valence-electron chi connectivity index (χ4n) is 1.61. The number of rotatable bonds is 6. The number of nitrogens with zero attached hydrogens (tertiary/aromatic N) is 1. The highest BCUT2D eigenvalue weighted by molar-refractivity contribution is 9.08. The Kier molecular flexibility index (Phi) is 5.28. The largest absolute Gasteiger partial charge is 0.494 e. The van der Waals surface area contributed by atoms with Crippen LogP contribution in [0.2, 0.25) is 0 Å². The Hall–Kier alpha value is -1.00. The van der Waals surface area contributed by atoms with E-state index in [0.29, 0.717) is 23.7 Å². The van der Waals surface area contributed by atoms with Gasteiger partial charge in [-0.25, -0.2) is 4.98 Å². The van der Waals surface area contributed by atoms with E-state index >= 15 is 0 Å². The third kappa shape index (κ3) is 3.74. The van der Waals surface area contributed by atoms with E-state index in [1.165, 1.54) is 0 Å². The zero-order chi connectivity index (χ0) is 13.7. The van der Waals surface area contributed by atoms with Crippen LogP contribution in [0, 0.1) is 6.92 Å². The van der Waals surface area contributed by atoms with Gasteiger partial charge < -0.3 is 9.15 Å². The minimum absolute atomic E-state index is 0.614. The predicted octanol–water partition coefficient (Wildman–Crippen LogP) is 4.55. The number of hydrogen-bond donors (Lipinski definition) is 0. The molecule has 3 nitrogen and oxygen atoms in total. The molecule has 0 radical (unpaired) electrons. The summed E-state index contributed by atoms with van der Waals surface area (Å²) in [5, 5.41) is 0.696. The quantitative estimate of drug-likeness (QED) is 0.569. The van der Waals surface area contributed by atoms with Crippen LogP contribution in [-0.4, -0.2) is 17.5 Å². The summed E-state index contributed by atoms with van der Waals surface area (Å²) in [6.45, 7) is 2.55. The molecule has 1 heterocycles. The topological polar surface area (TPSA) is 35.3 Å². The molecule has 0 aliphatic heterocycles. The van der Waals surface area contributed by atoms with E-state index in [4.69, 9.17) is 20.8 Å². The van der Waals surface area contributed by atoms with E-state index in [-0.39, 0.29) is 0 Å². The Bertz CT molecular complexity index is 525. The van der Waals surface area contributed by atoms with Crippen molar-refractivity contribution >= 4 is 27.5 Å². The third-order valence-electron chi connectivity index (χ3n) is 2.67. The van der Waals surface area contributed by atoms with Crippen molar-refractivity contribution in [2.24, 2.45) is 0 Å². The highest BCUT2D eigenvalue weighted by Crippen LogP contribution is 2.24. The van der Waals surface area contributed by atoms with E-state index in [9.17, 15) is 0 Å². The van der Waals surface area contributed by atoms with Gasteiger partial charge in [-0.1, -0.05) is 15.9 Å². The molecule has 0 spiro atoms. The number of halogens is 2. The Morgan fingerprint density at radius 3 is 2.63 bits per heavy atom. The lowest BCUT2D eigenvalue weighted by molar-refractivity contribution is 0.318. The molecule has 1 aromatic carbocycles. The Morgan fingerprint density at radius 2 is 2.05 bits per heavy atom. The van der Waals surface area contributed by atoms with Gasteiger partial charge in [-0.2, -0.15) is 0 Å². The number of alkyl halides is 2. The second-order valence-corrected chi connectivity index (χ2v) is 5.01. The van der Waals surface area contributed by atoms with E-state index < -0.39 is 0 Å². The van der Waals surface area contributed by atoms with Gasteiger partial charge in [0.05, 0.1) is 12.3 Å². The fraction of sp³-hybridized carbons (Fsp3) is 0.357. The van der Waals surface area contributed by atoms with E-state index in [1.807, 2.05) is 31.2 Å².